The van der Waals surface area contributed by atoms with Gasteiger partial charge in [-0.05, 0) is 32.4 Å². The zero-order valence-electron chi connectivity index (χ0n) is 11.8. The summed E-state index contributed by atoms with van der Waals surface area (Å²) in [7, 11) is 1.63. The average molecular weight is 270 g/mol. The number of rotatable bonds is 5. The summed E-state index contributed by atoms with van der Waals surface area (Å²) < 4.78 is 27.5. The first-order valence-electron chi connectivity index (χ1n) is 6.42. The van der Waals surface area contributed by atoms with Crippen molar-refractivity contribution in [2.75, 3.05) is 18.9 Å². The summed E-state index contributed by atoms with van der Waals surface area (Å²) >= 11 is 0. The lowest BCUT2D eigenvalue weighted by atomic mass is 10.1. The maximum atomic E-state index is 13.7. The van der Waals surface area contributed by atoms with Crippen molar-refractivity contribution in [1.29, 1.82) is 0 Å². The van der Waals surface area contributed by atoms with Crippen LogP contribution in [-0.4, -0.2) is 30.4 Å². The van der Waals surface area contributed by atoms with Crippen molar-refractivity contribution in [3.63, 3.8) is 0 Å². The fraction of sp³-hybridized carbons (Fsp3) is 0.500. The van der Waals surface area contributed by atoms with Crippen LogP contribution in [-0.2, 0) is 0 Å². The number of carbonyl (C=O) groups excluding carboxylic acids is 1. The molecule has 3 nitrogen and oxygen atoms in total. The van der Waals surface area contributed by atoms with Gasteiger partial charge >= 0.3 is 0 Å². The molecule has 5 heteroatoms. The molecule has 0 saturated carbocycles. The van der Waals surface area contributed by atoms with Crippen LogP contribution in [0.5, 0.6) is 0 Å². The minimum absolute atomic E-state index is 0.0204. The maximum absolute atomic E-state index is 13.7. The van der Waals surface area contributed by atoms with Crippen LogP contribution in [0.3, 0.4) is 0 Å². The van der Waals surface area contributed by atoms with Crippen molar-refractivity contribution in [2.45, 2.75) is 33.2 Å². The minimum atomic E-state index is -0.747. The number of hydrogen-bond acceptors (Lipinski definition) is 2. The third-order valence-electron chi connectivity index (χ3n) is 3.21. The molecule has 0 radical (unpaired) electrons. The second-order valence-electron chi connectivity index (χ2n) is 4.52. The second kappa shape index (κ2) is 6.50. The number of carbonyl (C=O) groups is 1. The molecule has 0 fully saturated rings. The number of anilines is 1. The smallest absolute Gasteiger partial charge is 0.254 e. The second-order valence-corrected chi connectivity index (χ2v) is 4.52. The highest BCUT2D eigenvalue weighted by molar-refractivity contribution is 5.94. The molecule has 0 aliphatic rings. The fourth-order valence-electron chi connectivity index (χ4n) is 1.72. The van der Waals surface area contributed by atoms with Crippen molar-refractivity contribution in [1.82, 2.24) is 4.90 Å². The van der Waals surface area contributed by atoms with Gasteiger partial charge in [-0.25, -0.2) is 8.78 Å². The van der Waals surface area contributed by atoms with Gasteiger partial charge in [0.2, 0.25) is 0 Å². The molecule has 1 atom stereocenters. The Balaban J connectivity index is 3.06. The molecular weight excluding hydrogens is 250 g/mol. The Hall–Kier alpha value is -1.65. The molecular formula is C14H20F2N2O. The molecule has 19 heavy (non-hydrogen) atoms. The van der Waals surface area contributed by atoms with E-state index >= 15 is 0 Å². The van der Waals surface area contributed by atoms with Gasteiger partial charge in [0, 0.05) is 25.2 Å². The van der Waals surface area contributed by atoms with Gasteiger partial charge in [0.25, 0.3) is 5.91 Å². The molecule has 0 aliphatic heterocycles. The third kappa shape index (κ3) is 3.43. The number of hydrogen-bond donors (Lipinski definition) is 1. The van der Waals surface area contributed by atoms with Crippen LogP contribution in [0.2, 0.25) is 0 Å². The van der Waals surface area contributed by atoms with E-state index in [-0.39, 0.29) is 23.2 Å². The lowest BCUT2D eigenvalue weighted by molar-refractivity contribution is 0.0739. The normalized spacial score (nSPS) is 12.1. The van der Waals surface area contributed by atoms with Crippen molar-refractivity contribution < 1.29 is 13.6 Å². The number of halogens is 2. The van der Waals surface area contributed by atoms with Crippen molar-refractivity contribution >= 4 is 11.6 Å². The van der Waals surface area contributed by atoms with E-state index in [9.17, 15) is 13.6 Å². The van der Waals surface area contributed by atoms with Gasteiger partial charge < -0.3 is 10.2 Å². The van der Waals surface area contributed by atoms with Crippen molar-refractivity contribution in [2.24, 2.45) is 0 Å². The molecule has 1 aromatic rings. The molecule has 0 heterocycles. The summed E-state index contributed by atoms with van der Waals surface area (Å²) in [6.45, 7) is 5.99. The number of nitrogens with one attached hydrogen (secondary N) is 1. The van der Waals surface area contributed by atoms with Crippen molar-refractivity contribution in [3.8, 4) is 0 Å². The molecule has 1 N–H and O–H groups in total. The Morgan fingerprint density at radius 2 is 1.84 bits per heavy atom. The van der Waals surface area contributed by atoms with Gasteiger partial charge in [-0.2, -0.15) is 0 Å². The molecule has 0 bridgehead atoms. The Morgan fingerprint density at radius 1 is 1.32 bits per heavy atom. The topological polar surface area (TPSA) is 32.3 Å². The molecule has 0 saturated heterocycles. The van der Waals surface area contributed by atoms with Crippen LogP contribution in [0.4, 0.5) is 14.5 Å². The number of benzene rings is 1. The van der Waals surface area contributed by atoms with E-state index in [1.807, 2.05) is 13.8 Å². The zero-order chi connectivity index (χ0) is 14.6. The minimum Gasteiger partial charge on any atom is -0.381 e. The largest absolute Gasteiger partial charge is 0.381 e. The standard InChI is InChI=1S/C14H20F2N2O/c1-5-9(3)18(4)14(19)10-7-11(15)13(17-6-2)12(16)8-10/h7-9,17H,5-6H2,1-4H3. The molecule has 1 unspecified atom stereocenters. The first kappa shape index (κ1) is 15.4. The highest BCUT2D eigenvalue weighted by Crippen LogP contribution is 2.22. The molecule has 0 aliphatic carbocycles. The fourth-order valence-corrected chi connectivity index (χ4v) is 1.72. The Bertz CT molecular complexity index is 440. The molecule has 106 valence electrons. The van der Waals surface area contributed by atoms with E-state index in [1.54, 1.807) is 14.0 Å². The predicted octanol–water partition coefficient (Wildman–Crippen LogP) is 3.27. The average Bonchev–Trinajstić information content (AvgIpc) is 2.40. The summed E-state index contributed by atoms with van der Waals surface area (Å²) in [6, 6.07) is 2.16. The quantitative estimate of drug-likeness (QED) is 0.890. The van der Waals surface area contributed by atoms with Gasteiger partial charge in [-0.1, -0.05) is 6.92 Å². The Kier molecular flexibility index (Phi) is 5.27. The highest BCUT2D eigenvalue weighted by Gasteiger charge is 2.19. The van der Waals surface area contributed by atoms with Gasteiger partial charge in [0.1, 0.15) is 17.3 Å². The molecule has 1 aromatic carbocycles. The van der Waals surface area contributed by atoms with E-state index in [1.165, 1.54) is 4.90 Å². The van der Waals surface area contributed by atoms with Crippen LogP contribution in [0.1, 0.15) is 37.6 Å². The number of amides is 1. The monoisotopic (exact) mass is 270 g/mol. The first-order valence-corrected chi connectivity index (χ1v) is 6.42. The first-order chi connectivity index (χ1) is 8.92. The summed E-state index contributed by atoms with van der Waals surface area (Å²) in [5, 5.41) is 2.60. The molecule has 0 spiro atoms. The molecule has 1 amide bonds. The van der Waals surface area contributed by atoms with E-state index in [4.69, 9.17) is 0 Å². The Labute approximate surface area is 112 Å². The summed E-state index contributed by atoms with van der Waals surface area (Å²) in [5.41, 5.74) is -0.162. The van der Waals surface area contributed by atoms with E-state index in [2.05, 4.69) is 5.32 Å². The summed E-state index contributed by atoms with van der Waals surface area (Å²) in [4.78, 5) is 13.6. The van der Waals surface area contributed by atoms with Crippen LogP contribution < -0.4 is 5.32 Å². The zero-order valence-corrected chi connectivity index (χ0v) is 11.8. The van der Waals surface area contributed by atoms with Gasteiger partial charge in [-0.15, -0.1) is 0 Å². The lowest BCUT2D eigenvalue weighted by Gasteiger charge is -2.24. The lowest BCUT2D eigenvalue weighted by Crippen LogP contribution is -2.34. The number of nitrogens with zero attached hydrogens (tertiary/aromatic N) is 1. The van der Waals surface area contributed by atoms with Crippen LogP contribution in [0.15, 0.2) is 12.1 Å². The van der Waals surface area contributed by atoms with Crippen LogP contribution >= 0.6 is 0 Å². The van der Waals surface area contributed by atoms with Crippen molar-refractivity contribution in [3.05, 3.63) is 29.3 Å². The van der Waals surface area contributed by atoms with E-state index < -0.39 is 11.6 Å². The van der Waals surface area contributed by atoms with Gasteiger partial charge in [-0.3, -0.25) is 4.79 Å². The predicted molar refractivity (Wildman–Crippen MR) is 72.4 cm³/mol. The Morgan fingerprint density at radius 3 is 2.26 bits per heavy atom. The van der Waals surface area contributed by atoms with E-state index in [0.29, 0.717) is 6.54 Å². The maximum Gasteiger partial charge on any atom is 0.254 e. The van der Waals surface area contributed by atoms with Gasteiger partial charge in [0.15, 0.2) is 0 Å². The van der Waals surface area contributed by atoms with E-state index in [0.717, 1.165) is 18.6 Å². The highest BCUT2D eigenvalue weighted by atomic mass is 19.1. The third-order valence-corrected chi connectivity index (χ3v) is 3.21. The van der Waals surface area contributed by atoms with Crippen LogP contribution in [0, 0.1) is 11.6 Å². The summed E-state index contributed by atoms with van der Waals surface area (Å²) in [5.74, 6) is -1.87. The summed E-state index contributed by atoms with van der Waals surface area (Å²) in [6.07, 6.45) is 0.780. The van der Waals surface area contributed by atoms with Crippen LogP contribution in [0.25, 0.3) is 0 Å². The SMILES string of the molecule is CCNc1c(F)cc(C(=O)N(C)C(C)CC)cc1F. The molecule has 0 aromatic heterocycles. The van der Waals surface area contributed by atoms with Gasteiger partial charge in [0.05, 0.1) is 0 Å². The molecule has 1 rings (SSSR count).